The Kier molecular flexibility index (Phi) is 5.58. The minimum atomic E-state index is -0.629. The monoisotopic (exact) mass is 530 g/mol. The zero-order valence-electron chi connectivity index (χ0n) is 25.1. The van der Waals surface area contributed by atoms with Gasteiger partial charge in [-0.3, -0.25) is 14.5 Å². The summed E-state index contributed by atoms with van der Waals surface area (Å²) in [6.45, 7) is 25.6. The van der Waals surface area contributed by atoms with Gasteiger partial charge >= 0.3 is 0 Å². The molecule has 0 amide bonds. The number of carbonyl (C=O) groups excluding carboxylic acids is 3. The van der Waals surface area contributed by atoms with Crippen LogP contribution in [0.2, 0.25) is 0 Å². The van der Waals surface area contributed by atoms with E-state index in [9.17, 15) is 14.4 Å². The van der Waals surface area contributed by atoms with Gasteiger partial charge < -0.3 is 4.79 Å². The van der Waals surface area contributed by atoms with E-state index in [1.165, 1.54) is 12.0 Å². The summed E-state index contributed by atoms with van der Waals surface area (Å²) in [5.41, 5.74) is 0.256. The van der Waals surface area contributed by atoms with Crippen LogP contribution in [0, 0.1) is 56.8 Å². The molecule has 0 bridgehead atoms. The molecule has 0 aromatic rings. The number of likely N-dealkylation sites (tertiary alicyclic amines) is 1. The van der Waals surface area contributed by atoms with E-state index in [-0.39, 0.29) is 50.8 Å². The van der Waals surface area contributed by atoms with Crippen LogP contribution in [0.5, 0.6) is 0 Å². The average Bonchev–Trinajstić information content (AvgIpc) is 2.82. The topological polar surface area (TPSA) is 58.8 Å². The van der Waals surface area contributed by atoms with Gasteiger partial charge in [0.15, 0.2) is 17.3 Å². The number of hydrogen-bond acceptors (Lipinski definition) is 4. The minimum Gasteiger partial charge on any atom is -0.307 e. The van der Waals surface area contributed by atoms with Crippen LogP contribution >= 0.6 is 0 Å². The van der Waals surface area contributed by atoms with Gasteiger partial charge in [-0.2, -0.15) is 0 Å². The second kappa shape index (κ2) is 8.03. The molecule has 1 aliphatic heterocycles. The van der Waals surface area contributed by atoms with Crippen molar-refractivity contribution in [3.8, 4) is 0 Å². The molecule has 5 heteroatoms. The highest BCUT2D eigenvalue weighted by atomic mass is 16.1. The lowest BCUT2D eigenvalue weighted by Gasteiger charge is -2.69. The van der Waals surface area contributed by atoms with E-state index in [1.54, 1.807) is 0 Å². The lowest BCUT2D eigenvalue weighted by Crippen LogP contribution is -2.66. The van der Waals surface area contributed by atoms with Gasteiger partial charge in [0.1, 0.15) is 0 Å². The molecule has 3 saturated carbocycles. The summed E-state index contributed by atoms with van der Waals surface area (Å²) in [4.78, 5) is 45.7. The van der Waals surface area contributed by atoms with Crippen LogP contribution in [0.15, 0.2) is 23.4 Å². The number of allylic oxidation sites excluding steroid dienone is 4. The first-order valence-electron chi connectivity index (χ1n) is 15.2. The molecule has 6 rings (SSSR count). The molecule has 7 atom stereocenters. The molecular formula is C34H46N2O3. The van der Waals surface area contributed by atoms with Gasteiger partial charge in [-0.05, 0) is 84.5 Å². The average molecular weight is 531 g/mol. The third-order valence-corrected chi connectivity index (χ3v) is 13.4. The van der Waals surface area contributed by atoms with Crippen LogP contribution in [0.3, 0.4) is 0 Å². The molecule has 0 aromatic carbocycles. The molecule has 5 aliphatic carbocycles. The maximum atomic E-state index is 14.6. The fourth-order valence-corrected chi connectivity index (χ4v) is 11.0. The molecule has 0 aromatic heterocycles. The summed E-state index contributed by atoms with van der Waals surface area (Å²) in [5.74, 6) is 0.911. The fourth-order valence-electron chi connectivity index (χ4n) is 11.0. The van der Waals surface area contributed by atoms with Crippen molar-refractivity contribution >= 4 is 17.3 Å². The number of ketones is 3. The number of nitrogens with zero attached hydrogens (tertiary/aromatic N) is 2. The van der Waals surface area contributed by atoms with Crippen LogP contribution in [0.1, 0.15) is 93.4 Å². The molecule has 5 nitrogen and oxygen atoms in total. The van der Waals surface area contributed by atoms with E-state index in [1.807, 2.05) is 26.0 Å². The molecule has 210 valence electrons. The summed E-state index contributed by atoms with van der Waals surface area (Å²) in [6, 6.07) is 0. The highest BCUT2D eigenvalue weighted by Gasteiger charge is 2.69. The zero-order chi connectivity index (χ0) is 28.4. The predicted octanol–water partition coefficient (Wildman–Crippen LogP) is 6.44. The van der Waals surface area contributed by atoms with Crippen molar-refractivity contribution in [3.63, 3.8) is 0 Å². The normalized spacial score (nSPS) is 46.4. The Hall–Kier alpha value is -2.06. The van der Waals surface area contributed by atoms with E-state index in [0.29, 0.717) is 24.8 Å². The van der Waals surface area contributed by atoms with Crippen molar-refractivity contribution in [1.82, 2.24) is 4.90 Å². The first kappa shape index (κ1) is 27.1. The largest absolute Gasteiger partial charge is 0.307 e. The van der Waals surface area contributed by atoms with Crippen molar-refractivity contribution in [3.05, 3.63) is 34.8 Å². The Morgan fingerprint density at radius 1 is 0.949 bits per heavy atom. The minimum absolute atomic E-state index is 0.0285. The van der Waals surface area contributed by atoms with Gasteiger partial charge in [0.2, 0.25) is 5.70 Å². The Bertz CT molecular complexity index is 1270. The Balaban J connectivity index is 1.48. The fraction of sp³-hybridized carbons (Fsp3) is 0.765. The van der Waals surface area contributed by atoms with E-state index in [0.717, 1.165) is 45.1 Å². The van der Waals surface area contributed by atoms with Crippen molar-refractivity contribution in [2.75, 3.05) is 19.6 Å². The first-order valence-corrected chi connectivity index (χ1v) is 15.2. The molecule has 0 unspecified atom stereocenters. The standard InChI is InChI=1S/C34H46N2O3/c1-29(2)11-13-34(20-36-18-21(37)19-36)14-12-33(7)27(22(34)16-29)24(38)15-26-31(5)17-23(35-8)28(39)30(3,4)25(31)9-10-32(26,33)6/h15,17,22,25,27H,9-14,16,18-20H2,1-7H3/t22-,25-,27-,31-,32+,33+,34+/m0/s1. The van der Waals surface area contributed by atoms with Crippen molar-refractivity contribution in [2.45, 2.75) is 93.4 Å². The van der Waals surface area contributed by atoms with Gasteiger partial charge in [-0.25, -0.2) is 4.85 Å². The molecule has 1 heterocycles. The molecule has 6 aliphatic rings. The lowest BCUT2D eigenvalue weighted by molar-refractivity contribution is -0.177. The van der Waals surface area contributed by atoms with Crippen LogP contribution in [0.4, 0.5) is 0 Å². The summed E-state index contributed by atoms with van der Waals surface area (Å²) in [6.07, 6.45) is 11.3. The molecule has 0 N–H and O–H groups in total. The molecule has 1 saturated heterocycles. The van der Waals surface area contributed by atoms with Crippen molar-refractivity contribution in [1.29, 1.82) is 0 Å². The van der Waals surface area contributed by atoms with Crippen molar-refractivity contribution in [2.24, 2.45) is 50.2 Å². The smallest absolute Gasteiger partial charge is 0.226 e. The summed E-state index contributed by atoms with van der Waals surface area (Å²) >= 11 is 0. The highest BCUT2D eigenvalue weighted by Crippen LogP contribution is 2.74. The highest BCUT2D eigenvalue weighted by molar-refractivity contribution is 6.03. The summed E-state index contributed by atoms with van der Waals surface area (Å²) in [5, 5.41) is 0. The SMILES string of the molecule is [C-]#[N+]C1=C[C@]2(C)C3=CC(=O)[C@@H]4[C@@H]5CC(C)(C)CC[C@]5(CN5CC(=O)C5)CC[C@@]4(C)[C@]3(C)CC[C@H]2C(C)(C)C1=O. The molecule has 0 radical (unpaired) electrons. The van der Waals surface area contributed by atoms with E-state index in [4.69, 9.17) is 6.57 Å². The second-order valence-corrected chi connectivity index (χ2v) is 16.3. The summed E-state index contributed by atoms with van der Waals surface area (Å²) in [7, 11) is 0. The molecule has 0 spiro atoms. The number of carbonyl (C=O) groups is 3. The lowest BCUT2D eigenvalue weighted by atomic mass is 9.34. The van der Waals surface area contributed by atoms with Crippen LogP contribution < -0.4 is 0 Å². The molecule has 4 fully saturated rings. The van der Waals surface area contributed by atoms with Gasteiger partial charge in [-0.15, -0.1) is 0 Å². The number of rotatable bonds is 2. The van der Waals surface area contributed by atoms with E-state index < -0.39 is 10.8 Å². The van der Waals surface area contributed by atoms with Gasteiger partial charge in [0.25, 0.3) is 0 Å². The van der Waals surface area contributed by atoms with E-state index >= 15 is 0 Å². The zero-order valence-corrected chi connectivity index (χ0v) is 25.1. The Morgan fingerprint density at radius 3 is 2.26 bits per heavy atom. The van der Waals surface area contributed by atoms with Crippen LogP contribution in [-0.2, 0) is 14.4 Å². The second-order valence-electron chi connectivity index (χ2n) is 16.3. The van der Waals surface area contributed by atoms with Gasteiger partial charge in [0.05, 0.1) is 19.7 Å². The summed E-state index contributed by atoms with van der Waals surface area (Å²) < 4.78 is 0. The maximum Gasteiger partial charge on any atom is 0.226 e. The number of Topliss-reactive ketones (excluding diaryl/α,β-unsaturated/α-hetero) is 2. The van der Waals surface area contributed by atoms with Crippen molar-refractivity contribution < 1.29 is 14.4 Å². The number of fused-ring (bicyclic) bond motifs is 7. The van der Waals surface area contributed by atoms with E-state index in [2.05, 4.69) is 44.4 Å². The molecule has 39 heavy (non-hydrogen) atoms. The maximum absolute atomic E-state index is 14.6. The quantitative estimate of drug-likeness (QED) is 0.385. The predicted molar refractivity (Wildman–Crippen MR) is 151 cm³/mol. The third-order valence-electron chi connectivity index (χ3n) is 13.4. The van der Waals surface area contributed by atoms with Gasteiger partial charge in [-0.1, -0.05) is 60.1 Å². The Labute approximate surface area is 234 Å². The van der Waals surface area contributed by atoms with Crippen LogP contribution in [-0.4, -0.2) is 41.9 Å². The Morgan fingerprint density at radius 2 is 1.62 bits per heavy atom. The number of hydrogen-bond donors (Lipinski definition) is 0. The first-order chi connectivity index (χ1) is 18.0. The van der Waals surface area contributed by atoms with Crippen LogP contribution in [0.25, 0.3) is 4.85 Å². The van der Waals surface area contributed by atoms with Gasteiger partial charge in [0, 0.05) is 23.3 Å². The molecular weight excluding hydrogens is 484 g/mol. The third kappa shape index (κ3) is 3.43.